The summed E-state index contributed by atoms with van der Waals surface area (Å²) < 4.78 is 2.31. The maximum Gasteiger partial charge on any atom is 0.0391 e. The molecule has 0 amide bonds. The van der Waals surface area contributed by atoms with Gasteiger partial charge in [-0.05, 0) is 47.5 Å². The van der Waals surface area contributed by atoms with E-state index in [4.69, 9.17) is 0 Å². The maximum absolute atomic E-state index is 3.63. The molecule has 0 aliphatic rings. The number of nitrogens with one attached hydrogen (secondary N) is 1. The molecule has 0 aliphatic heterocycles. The van der Waals surface area contributed by atoms with Gasteiger partial charge in [-0.15, -0.1) is 11.3 Å². The van der Waals surface area contributed by atoms with E-state index >= 15 is 0 Å². The summed E-state index contributed by atoms with van der Waals surface area (Å²) in [5.74, 6) is 0. The lowest BCUT2D eigenvalue weighted by molar-refractivity contribution is 0.499. The zero-order chi connectivity index (χ0) is 13.1. The molecule has 4 heteroatoms. The fourth-order valence-electron chi connectivity index (χ4n) is 1.93. The largest absolute Gasteiger partial charge is 0.303 e. The van der Waals surface area contributed by atoms with Gasteiger partial charge in [-0.25, -0.2) is 0 Å². The summed E-state index contributed by atoms with van der Waals surface area (Å²) in [6.07, 6.45) is 0. The summed E-state index contributed by atoms with van der Waals surface area (Å²) in [6, 6.07) is 11.2. The summed E-state index contributed by atoms with van der Waals surface area (Å²) in [5, 5.41) is 5.75. The van der Waals surface area contributed by atoms with Crippen molar-refractivity contribution in [1.29, 1.82) is 0 Å². The van der Waals surface area contributed by atoms with Crippen molar-refractivity contribution in [2.24, 2.45) is 0 Å². The van der Waals surface area contributed by atoms with Gasteiger partial charge in [0.1, 0.15) is 0 Å². The molecule has 0 bridgehead atoms. The van der Waals surface area contributed by atoms with E-state index in [1.807, 2.05) is 6.07 Å². The van der Waals surface area contributed by atoms with Crippen LogP contribution in [0.1, 0.15) is 36.4 Å². The lowest BCUT2D eigenvalue weighted by Gasteiger charge is -2.20. The summed E-state index contributed by atoms with van der Waals surface area (Å²) in [5.41, 5.74) is 1.29. The van der Waals surface area contributed by atoms with E-state index in [9.17, 15) is 0 Å². The molecule has 2 aromatic rings. The molecular weight excluding hydrogens is 374 g/mol. The number of hydrogen-bond acceptors (Lipinski definition) is 2. The molecule has 0 saturated carbocycles. The van der Waals surface area contributed by atoms with Crippen molar-refractivity contribution in [3.63, 3.8) is 0 Å². The Morgan fingerprint density at radius 3 is 2.44 bits per heavy atom. The predicted molar refractivity (Wildman–Crippen MR) is 86.1 cm³/mol. The average Bonchev–Trinajstić information content (AvgIpc) is 2.76. The number of halogens is 2. The monoisotopic (exact) mass is 387 g/mol. The van der Waals surface area contributed by atoms with Gasteiger partial charge in [-0.1, -0.05) is 34.1 Å². The third-order valence-electron chi connectivity index (χ3n) is 2.89. The van der Waals surface area contributed by atoms with E-state index in [1.54, 1.807) is 11.3 Å². The van der Waals surface area contributed by atoms with Crippen LogP contribution in [0, 0.1) is 0 Å². The summed E-state index contributed by atoms with van der Waals surface area (Å²) >= 11 is 8.88. The van der Waals surface area contributed by atoms with E-state index in [-0.39, 0.29) is 0 Å². The molecule has 1 aromatic carbocycles. The van der Waals surface area contributed by atoms with Gasteiger partial charge in [-0.3, -0.25) is 0 Å². The first-order valence-electron chi connectivity index (χ1n) is 5.82. The number of benzene rings is 1. The van der Waals surface area contributed by atoms with Crippen LogP contribution in [0.2, 0.25) is 0 Å². The lowest BCUT2D eigenvalue weighted by Crippen LogP contribution is -2.22. The first-order valence-corrected chi connectivity index (χ1v) is 8.29. The maximum atomic E-state index is 3.63. The van der Waals surface area contributed by atoms with Crippen molar-refractivity contribution < 1.29 is 0 Å². The lowest BCUT2D eigenvalue weighted by atomic mass is 10.1. The fraction of sp³-hybridized carbons (Fsp3) is 0.286. The van der Waals surface area contributed by atoms with Crippen molar-refractivity contribution in [2.45, 2.75) is 25.9 Å². The SMILES string of the molecule is CC(NC(C)c1ccccc1Br)c1cc(Br)cs1. The smallest absolute Gasteiger partial charge is 0.0391 e. The molecule has 2 rings (SSSR count). The van der Waals surface area contributed by atoms with Gasteiger partial charge < -0.3 is 5.32 Å². The molecule has 18 heavy (non-hydrogen) atoms. The van der Waals surface area contributed by atoms with E-state index in [0.717, 1.165) is 8.95 Å². The average molecular weight is 389 g/mol. The Labute approximate surface area is 129 Å². The Bertz CT molecular complexity index is 524. The van der Waals surface area contributed by atoms with Gasteiger partial charge in [-0.2, -0.15) is 0 Å². The first kappa shape index (κ1) is 14.3. The Kier molecular flexibility index (Phi) is 5.01. The zero-order valence-corrected chi connectivity index (χ0v) is 14.3. The summed E-state index contributed by atoms with van der Waals surface area (Å²) in [7, 11) is 0. The number of hydrogen-bond donors (Lipinski definition) is 1. The van der Waals surface area contributed by atoms with Crippen molar-refractivity contribution in [3.05, 3.63) is 55.1 Å². The van der Waals surface area contributed by atoms with Gasteiger partial charge in [0.05, 0.1) is 0 Å². The molecule has 0 aliphatic carbocycles. The van der Waals surface area contributed by atoms with Crippen LogP contribution in [-0.4, -0.2) is 0 Å². The van der Waals surface area contributed by atoms with Gasteiger partial charge in [0.25, 0.3) is 0 Å². The number of thiophene rings is 1. The first-order chi connectivity index (χ1) is 8.58. The van der Waals surface area contributed by atoms with Gasteiger partial charge in [0.2, 0.25) is 0 Å². The number of rotatable bonds is 4. The molecule has 96 valence electrons. The minimum Gasteiger partial charge on any atom is -0.303 e. The summed E-state index contributed by atoms with van der Waals surface area (Å²) in [6.45, 7) is 4.39. The molecule has 2 unspecified atom stereocenters. The molecule has 0 fully saturated rings. The standard InChI is InChI=1S/C14H15Br2NS/c1-9(12-5-3-4-6-13(12)16)17-10(2)14-7-11(15)8-18-14/h3-10,17H,1-2H3. The van der Waals surface area contributed by atoms with Gasteiger partial charge in [0.15, 0.2) is 0 Å². The second kappa shape index (κ2) is 6.33. The highest BCUT2D eigenvalue weighted by molar-refractivity contribution is 9.10. The highest BCUT2D eigenvalue weighted by Gasteiger charge is 2.14. The molecule has 1 N–H and O–H groups in total. The van der Waals surface area contributed by atoms with Crippen molar-refractivity contribution in [3.8, 4) is 0 Å². The predicted octanol–water partition coefficient (Wildman–Crippen LogP) is 5.68. The highest BCUT2D eigenvalue weighted by Crippen LogP contribution is 2.29. The topological polar surface area (TPSA) is 12.0 Å². The van der Waals surface area contributed by atoms with E-state index < -0.39 is 0 Å². The molecule has 2 atom stereocenters. The van der Waals surface area contributed by atoms with Gasteiger partial charge >= 0.3 is 0 Å². The van der Waals surface area contributed by atoms with Crippen molar-refractivity contribution in [2.75, 3.05) is 0 Å². The van der Waals surface area contributed by atoms with Crippen LogP contribution in [0.15, 0.2) is 44.7 Å². The normalized spacial score (nSPS) is 14.4. The Balaban J connectivity index is 2.08. The Morgan fingerprint density at radius 1 is 1.11 bits per heavy atom. The molecular formula is C14H15Br2NS. The molecule has 1 heterocycles. The molecule has 0 spiro atoms. The van der Waals surface area contributed by atoms with Crippen molar-refractivity contribution >= 4 is 43.2 Å². The second-order valence-corrected chi connectivity index (χ2v) is 7.01. The minimum absolute atomic E-state index is 0.316. The van der Waals surface area contributed by atoms with Crippen LogP contribution in [0.5, 0.6) is 0 Å². The zero-order valence-electron chi connectivity index (χ0n) is 10.3. The quantitative estimate of drug-likeness (QED) is 0.709. The summed E-state index contributed by atoms with van der Waals surface area (Å²) in [4.78, 5) is 1.35. The minimum atomic E-state index is 0.316. The van der Waals surface area contributed by atoms with E-state index in [1.165, 1.54) is 10.4 Å². The fourth-order valence-corrected chi connectivity index (χ4v) is 4.02. The molecule has 0 saturated heterocycles. The Morgan fingerprint density at radius 2 is 1.83 bits per heavy atom. The molecule has 1 nitrogen and oxygen atoms in total. The second-order valence-electron chi connectivity index (χ2n) is 4.30. The van der Waals surface area contributed by atoms with Crippen LogP contribution in [0.3, 0.4) is 0 Å². The van der Waals surface area contributed by atoms with Crippen LogP contribution in [-0.2, 0) is 0 Å². The van der Waals surface area contributed by atoms with E-state index in [2.05, 4.69) is 80.7 Å². The molecule has 0 radical (unpaired) electrons. The van der Waals surface area contributed by atoms with E-state index in [0.29, 0.717) is 12.1 Å². The third-order valence-corrected chi connectivity index (χ3v) is 5.48. The van der Waals surface area contributed by atoms with Crippen LogP contribution < -0.4 is 5.32 Å². The highest BCUT2D eigenvalue weighted by atomic mass is 79.9. The Hall–Kier alpha value is -0.160. The van der Waals surface area contributed by atoms with Crippen LogP contribution in [0.25, 0.3) is 0 Å². The van der Waals surface area contributed by atoms with Gasteiger partial charge in [0, 0.05) is 31.3 Å². The van der Waals surface area contributed by atoms with Crippen molar-refractivity contribution in [1.82, 2.24) is 5.32 Å². The third kappa shape index (κ3) is 3.44. The van der Waals surface area contributed by atoms with Crippen LogP contribution >= 0.6 is 43.2 Å². The van der Waals surface area contributed by atoms with Crippen LogP contribution in [0.4, 0.5) is 0 Å². The molecule has 1 aromatic heterocycles.